The molecule has 0 unspecified atom stereocenters. The van der Waals surface area contributed by atoms with Crippen LogP contribution in [0, 0.1) is 22.7 Å². The Morgan fingerprint density at radius 3 is 2.56 bits per heavy atom. The van der Waals surface area contributed by atoms with Gasteiger partial charge in [-0.2, -0.15) is 10.5 Å². The standard InChI is InChI=1S/C10H8BN3O2/c12-5-8(6-13)7-14-10-3-1-2-9(4-10)11(15)16/h1-4,7,14-16H. The van der Waals surface area contributed by atoms with Crippen LogP contribution in [0.25, 0.3) is 0 Å². The normalized spacial score (nSPS) is 8.50. The van der Waals surface area contributed by atoms with E-state index in [1.807, 2.05) is 0 Å². The summed E-state index contributed by atoms with van der Waals surface area (Å²) in [6.07, 6.45) is 1.25. The molecule has 0 saturated heterocycles. The molecule has 0 spiro atoms. The highest BCUT2D eigenvalue weighted by Gasteiger charge is 2.10. The summed E-state index contributed by atoms with van der Waals surface area (Å²) in [4.78, 5) is 0. The number of benzene rings is 1. The maximum atomic E-state index is 8.93. The number of nitriles is 2. The Kier molecular flexibility index (Phi) is 4.11. The first-order valence-corrected chi connectivity index (χ1v) is 4.40. The summed E-state index contributed by atoms with van der Waals surface area (Å²) in [5, 5.41) is 37.5. The Morgan fingerprint density at radius 2 is 2.00 bits per heavy atom. The van der Waals surface area contributed by atoms with Crippen molar-refractivity contribution in [3.63, 3.8) is 0 Å². The molecule has 1 rings (SSSR count). The lowest BCUT2D eigenvalue weighted by molar-refractivity contribution is 0.426. The number of nitrogens with one attached hydrogen (secondary N) is 1. The van der Waals surface area contributed by atoms with Gasteiger partial charge in [0.05, 0.1) is 0 Å². The zero-order chi connectivity index (χ0) is 12.0. The summed E-state index contributed by atoms with van der Waals surface area (Å²) in [6, 6.07) is 9.76. The van der Waals surface area contributed by atoms with Crippen molar-refractivity contribution in [1.29, 1.82) is 10.5 Å². The van der Waals surface area contributed by atoms with Gasteiger partial charge in [0, 0.05) is 11.9 Å². The predicted molar refractivity (Wildman–Crippen MR) is 59.2 cm³/mol. The first-order valence-electron chi connectivity index (χ1n) is 4.40. The second-order valence-corrected chi connectivity index (χ2v) is 2.93. The highest BCUT2D eigenvalue weighted by Crippen LogP contribution is 2.04. The van der Waals surface area contributed by atoms with Crippen LogP contribution >= 0.6 is 0 Å². The SMILES string of the molecule is N#CC(C#N)=CNc1cccc(B(O)O)c1. The summed E-state index contributed by atoms with van der Waals surface area (Å²) >= 11 is 0. The van der Waals surface area contributed by atoms with Crippen LogP contribution in [0.1, 0.15) is 0 Å². The van der Waals surface area contributed by atoms with Crippen LogP contribution in [-0.2, 0) is 0 Å². The number of anilines is 1. The van der Waals surface area contributed by atoms with Crippen LogP contribution < -0.4 is 10.8 Å². The van der Waals surface area contributed by atoms with Crippen molar-refractivity contribution in [3.05, 3.63) is 36.0 Å². The van der Waals surface area contributed by atoms with Gasteiger partial charge in [-0.1, -0.05) is 12.1 Å². The van der Waals surface area contributed by atoms with Gasteiger partial charge in [-0.15, -0.1) is 0 Å². The summed E-state index contributed by atoms with van der Waals surface area (Å²) in [6.45, 7) is 0. The molecule has 5 nitrogen and oxygen atoms in total. The molecule has 0 bridgehead atoms. The molecule has 0 radical (unpaired) electrons. The molecule has 6 heteroatoms. The van der Waals surface area contributed by atoms with Gasteiger partial charge in [-0.25, -0.2) is 0 Å². The highest BCUT2D eigenvalue weighted by molar-refractivity contribution is 6.58. The molecule has 16 heavy (non-hydrogen) atoms. The molecule has 0 aliphatic heterocycles. The Labute approximate surface area is 93.0 Å². The van der Waals surface area contributed by atoms with Crippen molar-refractivity contribution in [2.45, 2.75) is 0 Å². The quantitative estimate of drug-likeness (QED) is 0.473. The summed E-state index contributed by atoms with van der Waals surface area (Å²) in [5.41, 5.74) is 0.831. The topological polar surface area (TPSA) is 100 Å². The third kappa shape index (κ3) is 3.14. The second kappa shape index (κ2) is 5.57. The van der Waals surface area contributed by atoms with E-state index in [2.05, 4.69) is 5.32 Å². The Bertz CT molecular complexity index is 470. The predicted octanol–water partition coefficient (Wildman–Crippen LogP) is -0.291. The van der Waals surface area contributed by atoms with Crippen molar-refractivity contribution >= 4 is 18.3 Å². The fraction of sp³-hybridized carbons (Fsp3) is 0. The lowest BCUT2D eigenvalue weighted by Crippen LogP contribution is -2.29. The van der Waals surface area contributed by atoms with E-state index in [4.69, 9.17) is 20.6 Å². The third-order valence-electron chi connectivity index (χ3n) is 1.81. The minimum absolute atomic E-state index is 0.0602. The highest BCUT2D eigenvalue weighted by atomic mass is 16.4. The lowest BCUT2D eigenvalue weighted by atomic mass is 9.80. The largest absolute Gasteiger partial charge is 0.488 e. The van der Waals surface area contributed by atoms with Crippen molar-refractivity contribution in [2.24, 2.45) is 0 Å². The van der Waals surface area contributed by atoms with Gasteiger partial charge in [0.1, 0.15) is 17.7 Å². The number of hydrogen-bond acceptors (Lipinski definition) is 5. The minimum atomic E-state index is -1.54. The van der Waals surface area contributed by atoms with Gasteiger partial charge in [0.15, 0.2) is 0 Å². The average Bonchev–Trinajstić information content (AvgIpc) is 2.31. The van der Waals surface area contributed by atoms with Gasteiger partial charge < -0.3 is 15.4 Å². The van der Waals surface area contributed by atoms with Gasteiger partial charge in [-0.3, -0.25) is 0 Å². The molecule has 0 fully saturated rings. The summed E-state index contributed by atoms with van der Waals surface area (Å²) in [5.74, 6) is 0. The molecule has 0 aliphatic carbocycles. The van der Waals surface area contributed by atoms with E-state index in [-0.39, 0.29) is 5.57 Å². The Hall–Kier alpha value is -2.28. The van der Waals surface area contributed by atoms with E-state index in [0.717, 1.165) is 0 Å². The van der Waals surface area contributed by atoms with Crippen LogP contribution in [0.5, 0.6) is 0 Å². The van der Waals surface area contributed by atoms with Crippen molar-refractivity contribution < 1.29 is 10.0 Å². The number of hydrogen-bond donors (Lipinski definition) is 3. The van der Waals surface area contributed by atoms with Gasteiger partial charge in [0.2, 0.25) is 0 Å². The van der Waals surface area contributed by atoms with Crippen LogP contribution in [0.2, 0.25) is 0 Å². The van der Waals surface area contributed by atoms with E-state index < -0.39 is 7.12 Å². The fourth-order valence-corrected chi connectivity index (χ4v) is 1.03. The maximum absolute atomic E-state index is 8.93. The fourth-order valence-electron chi connectivity index (χ4n) is 1.03. The minimum Gasteiger partial charge on any atom is -0.423 e. The Morgan fingerprint density at radius 1 is 1.31 bits per heavy atom. The molecular weight excluding hydrogens is 205 g/mol. The van der Waals surface area contributed by atoms with Crippen molar-refractivity contribution in [2.75, 3.05) is 5.32 Å². The van der Waals surface area contributed by atoms with Crippen LogP contribution in [0.15, 0.2) is 36.0 Å². The third-order valence-corrected chi connectivity index (χ3v) is 1.81. The van der Waals surface area contributed by atoms with Crippen LogP contribution in [0.3, 0.4) is 0 Å². The van der Waals surface area contributed by atoms with Crippen LogP contribution in [0.4, 0.5) is 5.69 Å². The number of nitrogens with zero attached hydrogens (tertiary/aromatic N) is 2. The lowest BCUT2D eigenvalue weighted by Gasteiger charge is -2.03. The molecule has 3 N–H and O–H groups in total. The van der Waals surface area contributed by atoms with Gasteiger partial charge >= 0.3 is 7.12 Å². The van der Waals surface area contributed by atoms with Gasteiger partial charge in [-0.05, 0) is 17.6 Å². The van der Waals surface area contributed by atoms with E-state index in [9.17, 15) is 0 Å². The second-order valence-electron chi connectivity index (χ2n) is 2.93. The maximum Gasteiger partial charge on any atom is 0.488 e. The monoisotopic (exact) mass is 213 g/mol. The molecular formula is C10H8BN3O2. The summed E-state index contributed by atoms with van der Waals surface area (Å²) < 4.78 is 0. The molecule has 1 aromatic rings. The van der Waals surface area contributed by atoms with E-state index in [1.165, 1.54) is 12.3 Å². The van der Waals surface area contributed by atoms with E-state index in [0.29, 0.717) is 11.2 Å². The Balaban J connectivity index is 2.84. The average molecular weight is 213 g/mol. The van der Waals surface area contributed by atoms with Crippen molar-refractivity contribution in [3.8, 4) is 12.1 Å². The molecule has 78 valence electrons. The van der Waals surface area contributed by atoms with Crippen molar-refractivity contribution in [1.82, 2.24) is 0 Å². The van der Waals surface area contributed by atoms with E-state index in [1.54, 1.807) is 30.3 Å². The number of allylic oxidation sites excluding steroid dienone is 1. The molecule has 0 atom stereocenters. The first-order chi connectivity index (χ1) is 7.67. The van der Waals surface area contributed by atoms with E-state index >= 15 is 0 Å². The molecule has 0 saturated carbocycles. The zero-order valence-corrected chi connectivity index (χ0v) is 8.25. The molecule has 0 heterocycles. The smallest absolute Gasteiger partial charge is 0.423 e. The molecule has 0 aromatic heterocycles. The first kappa shape index (κ1) is 11.8. The molecule has 0 amide bonds. The molecule has 0 aliphatic rings. The molecule has 1 aromatic carbocycles. The van der Waals surface area contributed by atoms with Gasteiger partial charge in [0.25, 0.3) is 0 Å². The van der Waals surface area contributed by atoms with Crippen LogP contribution in [-0.4, -0.2) is 17.2 Å². The number of rotatable bonds is 3. The zero-order valence-electron chi connectivity index (χ0n) is 8.25. The summed E-state index contributed by atoms with van der Waals surface area (Å²) in [7, 11) is -1.54.